The Morgan fingerprint density at radius 2 is 2.00 bits per heavy atom. The third-order valence-corrected chi connectivity index (χ3v) is 2.37. The molecule has 5 nitrogen and oxygen atoms in total. The van der Waals surface area contributed by atoms with Crippen molar-refractivity contribution in [2.45, 2.75) is 0 Å². The van der Waals surface area contributed by atoms with Crippen LogP contribution >= 0.6 is 0 Å². The highest BCUT2D eigenvalue weighted by atomic mass is 16.1. The van der Waals surface area contributed by atoms with Crippen LogP contribution in [0.2, 0.25) is 0 Å². The Morgan fingerprint density at radius 3 is 2.61 bits per heavy atom. The molecule has 1 amide bonds. The summed E-state index contributed by atoms with van der Waals surface area (Å²) in [5, 5.41) is 11.4. The standard InChI is InChI=1S/C13H10N4O/c14-8-9-1-2-12(11(15)7-9)17-13(18)10-3-5-16-6-4-10/h1-7H,15H2,(H,17,18). The molecule has 3 N–H and O–H groups in total. The summed E-state index contributed by atoms with van der Waals surface area (Å²) < 4.78 is 0. The molecule has 0 unspecified atom stereocenters. The maximum absolute atomic E-state index is 11.9. The highest BCUT2D eigenvalue weighted by Crippen LogP contribution is 2.20. The van der Waals surface area contributed by atoms with Gasteiger partial charge in [-0.15, -0.1) is 0 Å². The summed E-state index contributed by atoms with van der Waals surface area (Å²) in [4.78, 5) is 15.7. The topological polar surface area (TPSA) is 91.8 Å². The number of nitrogens with one attached hydrogen (secondary N) is 1. The van der Waals surface area contributed by atoms with E-state index in [2.05, 4.69) is 10.3 Å². The van der Waals surface area contributed by atoms with Crippen molar-refractivity contribution in [3.8, 4) is 6.07 Å². The molecule has 0 fully saturated rings. The van der Waals surface area contributed by atoms with Crippen LogP contribution in [0.15, 0.2) is 42.7 Å². The molecule has 1 aromatic carbocycles. The van der Waals surface area contributed by atoms with Gasteiger partial charge in [-0.3, -0.25) is 9.78 Å². The van der Waals surface area contributed by atoms with Crippen LogP contribution in [0, 0.1) is 11.3 Å². The fraction of sp³-hybridized carbons (Fsp3) is 0. The van der Waals surface area contributed by atoms with Crippen LogP contribution in [0.3, 0.4) is 0 Å². The van der Waals surface area contributed by atoms with E-state index in [1.165, 1.54) is 18.5 Å². The number of nitrogens with two attached hydrogens (primary N) is 1. The highest BCUT2D eigenvalue weighted by Gasteiger charge is 2.07. The van der Waals surface area contributed by atoms with E-state index >= 15 is 0 Å². The van der Waals surface area contributed by atoms with Crippen LogP contribution in [0.4, 0.5) is 11.4 Å². The number of rotatable bonds is 2. The zero-order valence-corrected chi connectivity index (χ0v) is 9.42. The van der Waals surface area contributed by atoms with Gasteiger partial charge in [0, 0.05) is 18.0 Å². The summed E-state index contributed by atoms with van der Waals surface area (Å²) in [7, 11) is 0. The zero-order chi connectivity index (χ0) is 13.0. The van der Waals surface area contributed by atoms with Gasteiger partial charge in [0.05, 0.1) is 23.0 Å². The number of carbonyl (C=O) groups is 1. The average molecular weight is 238 g/mol. The molecule has 18 heavy (non-hydrogen) atoms. The summed E-state index contributed by atoms with van der Waals surface area (Å²) in [6.07, 6.45) is 3.08. The van der Waals surface area contributed by atoms with E-state index in [0.29, 0.717) is 22.5 Å². The molecule has 1 heterocycles. The SMILES string of the molecule is N#Cc1ccc(NC(=O)c2ccncc2)c(N)c1. The first-order valence-corrected chi connectivity index (χ1v) is 5.21. The minimum Gasteiger partial charge on any atom is -0.397 e. The van der Waals surface area contributed by atoms with Crippen LogP contribution in [0.1, 0.15) is 15.9 Å². The first kappa shape index (κ1) is 11.6. The number of carbonyl (C=O) groups excluding carboxylic acids is 1. The van der Waals surface area contributed by atoms with Crippen molar-refractivity contribution in [2.24, 2.45) is 0 Å². The fourth-order valence-electron chi connectivity index (χ4n) is 1.44. The van der Waals surface area contributed by atoms with Gasteiger partial charge in [-0.2, -0.15) is 5.26 Å². The van der Waals surface area contributed by atoms with Crippen LogP contribution in [0.25, 0.3) is 0 Å². The van der Waals surface area contributed by atoms with E-state index in [1.807, 2.05) is 6.07 Å². The molecule has 0 bridgehead atoms. The molecule has 2 rings (SSSR count). The Labute approximate surface area is 104 Å². The molecule has 0 saturated heterocycles. The number of nitriles is 1. The zero-order valence-electron chi connectivity index (χ0n) is 9.42. The molecule has 5 heteroatoms. The number of nitrogens with zero attached hydrogens (tertiary/aromatic N) is 2. The number of nitrogen functional groups attached to an aromatic ring is 1. The van der Waals surface area contributed by atoms with Gasteiger partial charge in [0.15, 0.2) is 0 Å². The predicted octanol–water partition coefficient (Wildman–Crippen LogP) is 1.79. The van der Waals surface area contributed by atoms with E-state index in [4.69, 9.17) is 11.0 Å². The lowest BCUT2D eigenvalue weighted by atomic mass is 10.2. The van der Waals surface area contributed by atoms with Crippen molar-refractivity contribution in [1.82, 2.24) is 4.98 Å². The van der Waals surface area contributed by atoms with Crippen molar-refractivity contribution >= 4 is 17.3 Å². The van der Waals surface area contributed by atoms with E-state index in [9.17, 15) is 4.79 Å². The largest absolute Gasteiger partial charge is 0.397 e. The molecule has 0 atom stereocenters. The van der Waals surface area contributed by atoms with Gasteiger partial charge < -0.3 is 11.1 Å². The second-order valence-corrected chi connectivity index (χ2v) is 3.60. The summed E-state index contributed by atoms with van der Waals surface area (Å²) in [6, 6.07) is 9.91. The Hall–Kier alpha value is -2.87. The van der Waals surface area contributed by atoms with Gasteiger partial charge in [-0.05, 0) is 30.3 Å². The van der Waals surface area contributed by atoms with Crippen molar-refractivity contribution in [1.29, 1.82) is 5.26 Å². The molecule has 0 aliphatic heterocycles. The van der Waals surface area contributed by atoms with Gasteiger partial charge >= 0.3 is 0 Å². The number of hydrogen-bond acceptors (Lipinski definition) is 4. The number of pyridine rings is 1. The smallest absolute Gasteiger partial charge is 0.255 e. The maximum Gasteiger partial charge on any atom is 0.255 e. The average Bonchev–Trinajstić information content (AvgIpc) is 2.42. The predicted molar refractivity (Wildman–Crippen MR) is 67.8 cm³/mol. The van der Waals surface area contributed by atoms with E-state index < -0.39 is 0 Å². The minimum atomic E-state index is -0.270. The van der Waals surface area contributed by atoms with Crippen molar-refractivity contribution in [3.63, 3.8) is 0 Å². The number of benzene rings is 1. The second-order valence-electron chi connectivity index (χ2n) is 3.60. The van der Waals surface area contributed by atoms with Gasteiger partial charge in [-0.25, -0.2) is 0 Å². The van der Waals surface area contributed by atoms with Gasteiger partial charge in [0.25, 0.3) is 5.91 Å². The normalized spacial score (nSPS) is 9.50. The highest BCUT2D eigenvalue weighted by molar-refractivity contribution is 6.05. The Balaban J connectivity index is 2.20. The molecule has 88 valence electrons. The van der Waals surface area contributed by atoms with Crippen LogP contribution in [-0.4, -0.2) is 10.9 Å². The molecular weight excluding hydrogens is 228 g/mol. The number of hydrogen-bond donors (Lipinski definition) is 2. The third kappa shape index (κ3) is 2.44. The lowest BCUT2D eigenvalue weighted by molar-refractivity contribution is 0.102. The Morgan fingerprint density at radius 1 is 1.28 bits per heavy atom. The molecule has 0 aliphatic rings. The Bertz CT molecular complexity index is 617. The summed E-state index contributed by atoms with van der Waals surface area (Å²) in [6.45, 7) is 0. The lowest BCUT2D eigenvalue weighted by Crippen LogP contribution is -2.13. The van der Waals surface area contributed by atoms with E-state index in [1.54, 1.807) is 24.3 Å². The summed E-state index contributed by atoms with van der Waals surface area (Å²) in [5.74, 6) is -0.270. The molecule has 0 spiro atoms. The van der Waals surface area contributed by atoms with Gasteiger partial charge in [0.1, 0.15) is 0 Å². The first-order chi connectivity index (χ1) is 8.70. The summed E-state index contributed by atoms with van der Waals surface area (Å²) >= 11 is 0. The number of amides is 1. The number of anilines is 2. The molecule has 1 aromatic heterocycles. The van der Waals surface area contributed by atoms with Crippen molar-refractivity contribution in [3.05, 3.63) is 53.9 Å². The second kappa shape index (κ2) is 4.97. The van der Waals surface area contributed by atoms with Crippen LogP contribution in [-0.2, 0) is 0 Å². The van der Waals surface area contributed by atoms with Gasteiger partial charge in [0.2, 0.25) is 0 Å². The number of aromatic nitrogens is 1. The molecule has 2 aromatic rings. The molecule has 0 saturated carbocycles. The minimum absolute atomic E-state index is 0.270. The first-order valence-electron chi connectivity index (χ1n) is 5.21. The fourth-order valence-corrected chi connectivity index (χ4v) is 1.44. The summed E-state index contributed by atoms with van der Waals surface area (Å²) in [5.41, 5.74) is 7.53. The maximum atomic E-state index is 11.9. The van der Waals surface area contributed by atoms with E-state index in [-0.39, 0.29) is 5.91 Å². The monoisotopic (exact) mass is 238 g/mol. The van der Waals surface area contributed by atoms with Crippen LogP contribution in [0.5, 0.6) is 0 Å². The quantitative estimate of drug-likeness (QED) is 0.780. The van der Waals surface area contributed by atoms with Crippen LogP contribution < -0.4 is 11.1 Å². The van der Waals surface area contributed by atoms with Crippen molar-refractivity contribution < 1.29 is 4.79 Å². The van der Waals surface area contributed by atoms with Crippen molar-refractivity contribution in [2.75, 3.05) is 11.1 Å². The third-order valence-electron chi connectivity index (χ3n) is 2.37. The molecular formula is C13H10N4O. The van der Waals surface area contributed by atoms with Gasteiger partial charge in [-0.1, -0.05) is 0 Å². The lowest BCUT2D eigenvalue weighted by Gasteiger charge is -2.08. The Kier molecular flexibility index (Phi) is 3.21. The molecule has 0 radical (unpaired) electrons. The van der Waals surface area contributed by atoms with E-state index in [0.717, 1.165) is 0 Å². The molecule has 0 aliphatic carbocycles.